The molecule has 1 amide bonds. The Morgan fingerprint density at radius 1 is 1.30 bits per heavy atom. The molecule has 1 aromatic carbocycles. The number of nitrogens with zero attached hydrogens (tertiary/aromatic N) is 2. The van der Waals surface area contributed by atoms with Gasteiger partial charge in [-0.2, -0.15) is 0 Å². The zero-order chi connectivity index (χ0) is 14.5. The molecule has 0 radical (unpaired) electrons. The lowest BCUT2D eigenvalue weighted by Crippen LogP contribution is -2.36. The monoisotopic (exact) mass is 281 g/mol. The number of halogens is 1. The van der Waals surface area contributed by atoms with Crippen LogP contribution in [0.3, 0.4) is 0 Å². The summed E-state index contributed by atoms with van der Waals surface area (Å²) >= 11 is 0. The van der Waals surface area contributed by atoms with Gasteiger partial charge in [-0.3, -0.25) is 9.69 Å². The zero-order valence-electron chi connectivity index (χ0n) is 11.4. The molecule has 1 aliphatic heterocycles. The molecule has 0 aliphatic carbocycles. The Morgan fingerprint density at radius 2 is 2.10 bits per heavy atom. The van der Waals surface area contributed by atoms with Gasteiger partial charge in [-0.15, -0.1) is 0 Å². The molecule has 0 bridgehead atoms. The summed E-state index contributed by atoms with van der Waals surface area (Å²) in [4.78, 5) is 16.1. The molecule has 110 valence electrons. The van der Waals surface area contributed by atoms with Gasteiger partial charge >= 0.3 is 0 Å². The second-order valence-electron chi connectivity index (χ2n) is 4.95. The van der Waals surface area contributed by atoms with E-state index in [0.717, 1.165) is 13.0 Å². The summed E-state index contributed by atoms with van der Waals surface area (Å²) in [5.74, 6) is -0.860. The first kappa shape index (κ1) is 14.7. The first-order chi connectivity index (χ1) is 9.61. The highest BCUT2D eigenvalue weighted by Gasteiger charge is 2.22. The van der Waals surface area contributed by atoms with Gasteiger partial charge < -0.3 is 15.7 Å². The molecule has 3 N–H and O–H groups in total. The van der Waals surface area contributed by atoms with E-state index in [1.54, 1.807) is 4.90 Å². The van der Waals surface area contributed by atoms with E-state index in [4.69, 9.17) is 10.8 Å². The maximum Gasteiger partial charge on any atom is 0.256 e. The fourth-order valence-electron chi connectivity index (χ4n) is 2.42. The van der Waals surface area contributed by atoms with E-state index in [-0.39, 0.29) is 18.1 Å². The fraction of sp³-hybridized carbons (Fsp3) is 0.500. The minimum absolute atomic E-state index is 0.0283. The number of hydrogen-bond donors (Lipinski definition) is 2. The average molecular weight is 281 g/mol. The number of nitrogens with two attached hydrogens (primary N) is 1. The molecular formula is C14H20FN3O2. The lowest BCUT2D eigenvalue weighted by atomic mass is 10.1. The van der Waals surface area contributed by atoms with Gasteiger partial charge in [-0.05, 0) is 31.2 Å². The number of aliphatic hydroxyl groups excluding tert-OH is 1. The maximum absolute atomic E-state index is 13.7. The number of nitrogen functional groups attached to an aromatic ring is 1. The molecule has 1 fully saturated rings. The minimum Gasteiger partial charge on any atom is -0.399 e. The number of anilines is 1. The van der Waals surface area contributed by atoms with E-state index in [2.05, 4.69) is 4.90 Å². The summed E-state index contributed by atoms with van der Waals surface area (Å²) in [5.41, 5.74) is 6.02. The van der Waals surface area contributed by atoms with Gasteiger partial charge in [0, 0.05) is 31.9 Å². The minimum atomic E-state index is -0.541. The largest absolute Gasteiger partial charge is 0.399 e. The summed E-state index contributed by atoms with van der Waals surface area (Å²) in [6, 6.07) is 4.05. The third kappa shape index (κ3) is 3.46. The van der Waals surface area contributed by atoms with Crippen LogP contribution in [0.4, 0.5) is 10.1 Å². The van der Waals surface area contributed by atoms with Gasteiger partial charge in [-0.1, -0.05) is 0 Å². The van der Waals surface area contributed by atoms with E-state index < -0.39 is 5.82 Å². The molecule has 1 saturated heterocycles. The molecule has 1 heterocycles. The van der Waals surface area contributed by atoms with E-state index in [1.807, 2.05) is 0 Å². The van der Waals surface area contributed by atoms with Gasteiger partial charge in [0.25, 0.3) is 5.91 Å². The van der Waals surface area contributed by atoms with Crippen molar-refractivity contribution in [1.29, 1.82) is 0 Å². The molecule has 0 aromatic heterocycles. The first-order valence-electron chi connectivity index (χ1n) is 6.79. The Kier molecular flexibility index (Phi) is 4.92. The molecular weight excluding hydrogens is 261 g/mol. The lowest BCUT2D eigenvalue weighted by Gasteiger charge is -2.22. The highest BCUT2D eigenvalue weighted by atomic mass is 19.1. The molecule has 20 heavy (non-hydrogen) atoms. The predicted octanol–water partition coefficient (Wildman–Crippen LogP) is 0.548. The Bertz CT molecular complexity index is 481. The Labute approximate surface area is 117 Å². The van der Waals surface area contributed by atoms with Crippen molar-refractivity contribution < 1.29 is 14.3 Å². The van der Waals surface area contributed by atoms with Crippen molar-refractivity contribution in [2.45, 2.75) is 6.42 Å². The molecule has 0 spiro atoms. The highest BCUT2D eigenvalue weighted by Crippen LogP contribution is 2.16. The van der Waals surface area contributed by atoms with Crippen LogP contribution >= 0.6 is 0 Å². The molecule has 6 heteroatoms. The highest BCUT2D eigenvalue weighted by molar-refractivity contribution is 5.95. The fourth-order valence-corrected chi connectivity index (χ4v) is 2.42. The van der Waals surface area contributed by atoms with Gasteiger partial charge in [0.2, 0.25) is 0 Å². The summed E-state index contributed by atoms with van der Waals surface area (Å²) < 4.78 is 13.7. The normalized spacial score (nSPS) is 17.0. The summed E-state index contributed by atoms with van der Waals surface area (Å²) in [5, 5.41) is 8.94. The van der Waals surface area contributed by atoms with Crippen LogP contribution in [0, 0.1) is 5.82 Å². The van der Waals surface area contributed by atoms with Gasteiger partial charge in [0.05, 0.1) is 12.2 Å². The molecule has 2 rings (SSSR count). The van der Waals surface area contributed by atoms with Crippen LogP contribution < -0.4 is 5.73 Å². The van der Waals surface area contributed by atoms with Gasteiger partial charge in [0.1, 0.15) is 5.82 Å². The van der Waals surface area contributed by atoms with Crippen molar-refractivity contribution in [3.05, 3.63) is 29.6 Å². The van der Waals surface area contributed by atoms with Crippen LogP contribution in [0.1, 0.15) is 16.8 Å². The molecule has 0 atom stereocenters. The van der Waals surface area contributed by atoms with Crippen molar-refractivity contribution in [1.82, 2.24) is 9.80 Å². The number of aliphatic hydroxyl groups is 1. The number of hydrogen-bond acceptors (Lipinski definition) is 4. The third-order valence-electron chi connectivity index (χ3n) is 3.51. The number of rotatable bonds is 3. The second-order valence-corrected chi connectivity index (χ2v) is 4.95. The Morgan fingerprint density at radius 3 is 2.85 bits per heavy atom. The van der Waals surface area contributed by atoms with Crippen LogP contribution in [0.5, 0.6) is 0 Å². The van der Waals surface area contributed by atoms with Crippen molar-refractivity contribution in [2.75, 3.05) is 45.1 Å². The average Bonchev–Trinajstić information content (AvgIpc) is 2.67. The van der Waals surface area contributed by atoms with Crippen molar-refractivity contribution in [2.24, 2.45) is 0 Å². The summed E-state index contributed by atoms with van der Waals surface area (Å²) in [6.07, 6.45) is 0.815. The number of benzene rings is 1. The van der Waals surface area contributed by atoms with Crippen molar-refractivity contribution in [3.63, 3.8) is 0 Å². The smallest absolute Gasteiger partial charge is 0.256 e. The quantitative estimate of drug-likeness (QED) is 0.794. The standard InChI is InChI=1S/C14H20FN3O2/c15-13-3-2-11(16)10-12(13)14(20)18-5-1-4-17(6-7-18)8-9-19/h2-3,10,19H,1,4-9,16H2. The molecule has 1 aromatic rings. The SMILES string of the molecule is Nc1ccc(F)c(C(=O)N2CCCN(CCO)CC2)c1. The summed E-state index contributed by atoms with van der Waals surface area (Å²) in [6.45, 7) is 3.37. The summed E-state index contributed by atoms with van der Waals surface area (Å²) in [7, 11) is 0. The zero-order valence-corrected chi connectivity index (χ0v) is 11.4. The second kappa shape index (κ2) is 6.67. The topological polar surface area (TPSA) is 69.8 Å². The van der Waals surface area contributed by atoms with Crippen LogP contribution in [0.2, 0.25) is 0 Å². The van der Waals surface area contributed by atoms with Crippen LogP contribution in [0.15, 0.2) is 18.2 Å². The maximum atomic E-state index is 13.7. The number of β-amino-alcohol motifs (C(OH)–C–C–N with tert-alkyl or cyclic N) is 1. The Hall–Kier alpha value is -1.66. The van der Waals surface area contributed by atoms with Crippen LogP contribution in [-0.4, -0.2) is 60.1 Å². The molecule has 0 unspecified atom stereocenters. The first-order valence-corrected chi connectivity index (χ1v) is 6.79. The van der Waals surface area contributed by atoms with E-state index in [1.165, 1.54) is 18.2 Å². The molecule has 5 nitrogen and oxygen atoms in total. The lowest BCUT2D eigenvalue weighted by molar-refractivity contribution is 0.0756. The number of carbonyl (C=O) groups is 1. The molecule has 0 saturated carbocycles. The third-order valence-corrected chi connectivity index (χ3v) is 3.51. The van der Waals surface area contributed by atoms with Crippen molar-refractivity contribution >= 4 is 11.6 Å². The van der Waals surface area contributed by atoms with Crippen LogP contribution in [0.25, 0.3) is 0 Å². The van der Waals surface area contributed by atoms with Gasteiger partial charge in [-0.25, -0.2) is 4.39 Å². The van der Waals surface area contributed by atoms with E-state index in [9.17, 15) is 9.18 Å². The molecule has 1 aliphatic rings. The van der Waals surface area contributed by atoms with E-state index >= 15 is 0 Å². The number of carbonyl (C=O) groups excluding carboxylic acids is 1. The van der Waals surface area contributed by atoms with Gasteiger partial charge in [0.15, 0.2) is 0 Å². The predicted molar refractivity (Wildman–Crippen MR) is 74.9 cm³/mol. The van der Waals surface area contributed by atoms with E-state index in [0.29, 0.717) is 31.9 Å². The number of amides is 1. The van der Waals surface area contributed by atoms with Crippen LogP contribution in [-0.2, 0) is 0 Å². The van der Waals surface area contributed by atoms with Crippen molar-refractivity contribution in [3.8, 4) is 0 Å². The Balaban J connectivity index is 2.07.